The number of nitrogens with one attached hydrogen (secondary N) is 3. The summed E-state index contributed by atoms with van der Waals surface area (Å²) in [6.45, 7) is 2.01. The molecule has 1 heterocycles. The van der Waals surface area contributed by atoms with Crippen molar-refractivity contribution in [2.45, 2.75) is 6.92 Å². The summed E-state index contributed by atoms with van der Waals surface area (Å²) in [5.41, 5.74) is 3.85. The molecule has 25 heavy (non-hydrogen) atoms. The molecular formula is C19H19N3O3. The number of benzene rings is 2. The van der Waals surface area contributed by atoms with Gasteiger partial charge in [0.2, 0.25) is 5.91 Å². The third-order valence-corrected chi connectivity index (χ3v) is 3.72. The first-order valence-corrected chi connectivity index (χ1v) is 7.85. The van der Waals surface area contributed by atoms with E-state index in [4.69, 9.17) is 4.74 Å². The summed E-state index contributed by atoms with van der Waals surface area (Å²) in [6.07, 6.45) is 0. The van der Waals surface area contributed by atoms with Gasteiger partial charge in [-0.1, -0.05) is 11.6 Å². The molecule has 2 aromatic carbocycles. The van der Waals surface area contributed by atoms with Crippen LogP contribution >= 0.6 is 0 Å². The summed E-state index contributed by atoms with van der Waals surface area (Å²) in [5.74, 6) is -0.447. The Bertz CT molecular complexity index is 913. The van der Waals surface area contributed by atoms with Crippen molar-refractivity contribution in [1.29, 1.82) is 0 Å². The molecule has 2 amide bonds. The van der Waals surface area contributed by atoms with Crippen LogP contribution in [0.4, 0.5) is 11.4 Å². The van der Waals surface area contributed by atoms with E-state index in [0.29, 0.717) is 17.1 Å². The van der Waals surface area contributed by atoms with Crippen LogP contribution in [0.15, 0.2) is 48.5 Å². The van der Waals surface area contributed by atoms with Gasteiger partial charge in [0.15, 0.2) is 0 Å². The van der Waals surface area contributed by atoms with Crippen molar-refractivity contribution >= 4 is 34.1 Å². The number of methoxy groups -OCH3 is 1. The third-order valence-electron chi connectivity index (χ3n) is 3.72. The van der Waals surface area contributed by atoms with E-state index in [-0.39, 0.29) is 18.4 Å². The Kier molecular flexibility index (Phi) is 4.81. The van der Waals surface area contributed by atoms with Gasteiger partial charge in [0.1, 0.15) is 12.3 Å². The predicted molar refractivity (Wildman–Crippen MR) is 97.9 cm³/mol. The molecule has 0 unspecified atom stereocenters. The first-order valence-electron chi connectivity index (χ1n) is 7.85. The molecule has 6 heteroatoms. The zero-order chi connectivity index (χ0) is 17.8. The molecule has 0 saturated heterocycles. The van der Waals surface area contributed by atoms with Crippen LogP contribution in [-0.2, 0) is 9.53 Å². The Morgan fingerprint density at radius 3 is 2.36 bits per heavy atom. The quantitative estimate of drug-likeness (QED) is 0.668. The van der Waals surface area contributed by atoms with Crippen molar-refractivity contribution in [3.8, 4) is 0 Å². The van der Waals surface area contributed by atoms with Gasteiger partial charge in [-0.15, -0.1) is 0 Å². The molecular weight excluding hydrogens is 318 g/mol. The van der Waals surface area contributed by atoms with Crippen molar-refractivity contribution in [3.05, 3.63) is 59.8 Å². The van der Waals surface area contributed by atoms with Gasteiger partial charge in [0.25, 0.3) is 5.91 Å². The molecule has 3 N–H and O–H groups in total. The number of fused-ring (bicyclic) bond motifs is 1. The van der Waals surface area contributed by atoms with Crippen LogP contribution in [0.1, 0.15) is 16.1 Å². The molecule has 0 spiro atoms. The summed E-state index contributed by atoms with van der Waals surface area (Å²) >= 11 is 0. The highest BCUT2D eigenvalue weighted by molar-refractivity contribution is 6.06. The van der Waals surface area contributed by atoms with E-state index in [0.717, 1.165) is 16.5 Å². The highest BCUT2D eigenvalue weighted by atomic mass is 16.5. The van der Waals surface area contributed by atoms with E-state index in [1.165, 1.54) is 7.11 Å². The van der Waals surface area contributed by atoms with Crippen molar-refractivity contribution < 1.29 is 14.3 Å². The average molecular weight is 337 g/mol. The number of ether oxygens (including phenoxy) is 1. The van der Waals surface area contributed by atoms with Gasteiger partial charge in [0, 0.05) is 29.4 Å². The van der Waals surface area contributed by atoms with Gasteiger partial charge in [-0.25, -0.2) is 0 Å². The summed E-state index contributed by atoms with van der Waals surface area (Å²) < 4.78 is 4.76. The van der Waals surface area contributed by atoms with Crippen LogP contribution in [0, 0.1) is 6.92 Å². The molecule has 3 aromatic rings. The molecule has 1 aromatic heterocycles. The molecule has 128 valence electrons. The number of hydrogen-bond donors (Lipinski definition) is 3. The zero-order valence-corrected chi connectivity index (χ0v) is 14.1. The first kappa shape index (κ1) is 16.7. The number of hydrogen-bond acceptors (Lipinski definition) is 3. The van der Waals surface area contributed by atoms with E-state index in [1.54, 1.807) is 24.3 Å². The maximum atomic E-state index is 12.4. The minimum absolute atomic E-state index is 0.00164. The Morgan fingerprint density at radius 2 is 1.68 bits per heavy atom. The van der Waals surface area contributed by atoms with Crippen LogP contribution in [0.3, 0.4) is 0 Å². The maximum Gasteiger partial charge on any atom is 0.272 e. The van der Waals surface area contributed by atoms with Crippen LogP contribution in [-0.4, -0.2) is 30.5 Å². The van der Waals surface area contributed by atoms with Crippen LogP contribution in [0.2, 0.25) is 0 Å². The van der Waals surface area contributed by atoms with E-state index >= 15 is 0 Å². The molecule has 0 saturated carbocycles. The summed E-state index contributed by atoms with van der Waals surface area (Å²) in [6, 6.07) is 14.7. The summed E-state index contributed by atoms with van der Waals surface area (Å²) in [4.78, 5) is 27.0. The molecule has 0 aliphatic heterocycles. The number of anilines is 2. The van der Waals surface area contributed by atoms with Crippen LogP contribution in [0.5, 0.6) is 0 Å². The predicted octanol–water partition coefficient (Wildman–Crippen LogP) is 3.31. The number of aromatic nitrogens is 1. The van der Waals surface area contributed by atoms with E-state index in [9.17, 15) is 9.59 Å². The number of carbonyl (C=O) groups is 2. The third kappa shape index (κ3) is 4.05. The molecule has 0 fully saturated rings. The van der Waals surface area contributed by atoms with Gasteiger partial charge < -0.3 is 20.4 Å². The monoisotopic (exact) mass is 337 g/mol. The Morgan fingerprint density at radius 1 is 1.00 bits per heavy atom. The number of carbonyl (C=O) groups excluding carboxylic acids is 2. The molecule has 0 aliphatic carbocycles. The van der Waals surface area contributed by atoms with Crippen LogP contribution < -0.4 is 10.6 Å². The van der Waals surface area contributed by atoms with Crippen molar-refractivity contribution in [3.63, 3.8) is 0 Å². The number of aryl methyl sites for hydroxylation is 1. The zero-order valence-electron chi connectivity index (χ0n) is 14.1. The molecule has 0 aliphatic rings. The molecule has 6 nitrogen and oxygen atoms in total. The summed E-state index contributed by atoms with van der Waals surface area (Å²) in [5, 5.41) is 6.53. The van der Waals surface area contributed by atoms with Crippen molar-refractivity contribution in [1.82, 2.24) is 4.98 Å². The molecule has 3 rings (SSSR count). The minimum Gasteiger partial charge on any atom is -0.375 e. The van der Waals surface area contributed by atoms with Crippen molar-refractivity contribution in [2.24, 2.45) is 0 Å². The first-order chi connectivity index (χ1) is 12.0. The molecule has 0 radical (unpaired) electrons. The van der Waals surface area contributed by atoms with Gasteiger partial charge in [0.05, 0.1) is 0 Å². The van der Waals surface area contributed by atoms with Gasteiger partial charge in [-0.05, 0) is 49.4 Å². The Balaban J connectivity index is 1.68. The number of H-pyrrole nitrogens is 1. The van der Waals surface area contributed by atoms with E-state index in [2.05, 4.69) is 15.6 Å². The minimum atomic E-state index is -0.229. The Labute approximate surface area is 145 Å². The van der Waals surface area contributed by atoms with E-state index < -0.39 is 0 Å². The summed E-state index contributed by atoms with van der Waals surface area (Å²) in [7, 11) is 1.46. The van der Waals surface area contributed by atoms with E-state index in [1.807, 2.05) is 31.2 Å². The maximum absolute atomic E-state index is 12.4. The smallest absolute Gasteiger partial charge is 0.272 e. The highest BCUT2D eigenvalue weighted by Gasteiger charge is 2.10. The lowest BCUT2D eigenvalue weighted by atomic mass is 10.2. The van der Waals surface area contributed by atoms with Crippen LogP contribution in [0.25, 0.3) is 10.9 Å². The average Bonchev–Trinajstić information content (AvgIpc) is 3.00. The topological polar surface area (TPSA) is 83.2 Å². The lowest BCUT2D eigenvalue weighted by molar-refractivity contribution is -0.119. The second-order valence-corrected chi connectivity index (χ2v) is 5.79. The van der Waals surface area contributed by atoms with Gasteiger partial charge >= 0.3 is 0 Å². The SMILES string of the molecule is COCC(=O)Nc1ccc(NC(=O)c2cc3cc(C)ccc3[nH]2)cc1. The number of amides is 2. The standard InChI is InChI=1S/C19H19N3O3/c1-12-3-8-16-13(9-12)10-17(22-16)19(24)21-15-6-4-14(5-7-15)20-18(23)11-25-2/h3-10,22H,11H2,1-2H3,(H,20,23)(H,21,24). The number of rotatable bonds is 5. The molecule has 0 bridgehead atoms. The normalized spacial score (nSPS) is 10.6. The number of aromatic amines is 1. The molecule has 0 atom stereocenters. The fourth-order valence-corrected chi connectivity index (χ4v) is 2.54. The second kappa shape index (κ2) is 7.19. The lowest BCUT2D eigenvalue weighted by Crippen LogP contribution is -2.17. The largest absolute Gasteiger partial charge is 0.375 e. The van der Waals surface area contributed by atoms with Crippen molar-refractivity contribution in [2.75, 3.05) is 24.4 Å². The fourth-order valence-electron chi connectivity index (χ4n) is 2.54. The van der Waals surface area contributed by atoms with Gasteiger partial charge in [-0.2, -0.15) is 0 Å². The lowest BCUT2D eigenvalue weighted by Gasteiger charge is -2.07. The Hall–Kier alpha value is -3.12. The highest BCUT2D eigenvalue weighted by Crippen LogP contribution is 2.19. The second-order valence-electron chi connectivity index (χ2n) is 5.79. The van der Waals surface area contributed by atoms with Gasteiger partial charge in [-0.3, -0.25) is 9.59 Å². The fraction of sp³-hybridized carbons (Fsp3) is 0.158.